The second-order valence-electron chi connectivity index (χ2n) is 13.3. The molecule has 3 heterocycles. The second kappa shape index (κ2) is 11.2. The number of benzene rings is 8. The summed E-state index contributed by atoms with van der Waals surface area (Å²) in [6, 6.07) is 62.1. The van der Waals surface area contributed by atoms with Crippen molar-refractivity contribution < 1.29 is 0 Å². The maximum atomic E-state index is 5.29. The van der Waals surface area contributed by atoms with Crippen molar-refractivity contribution >= 4 is 65.2 Å². The fraction of sp³-hybridized carbons (Fsp3) is 0. The lowest BCUT2D eigenvalue weighted by Gasteiger charge is -2.12. The molecular weight excluding hydrogens is 635 g/mol. The highest BCUT2D eigenvalue weighted by Crippen LogP contribution is 2.40. The molecule has 242 valence electrons. The Morgan fingerprint density at radius 2 is 0.846 bits per heavy atom. The number of hydrogen-bond donors (Lipinski definition) is 0. The van der Waals surface area contributed by atoms with Crippen molar-refractivity contribution in [3.05, 3.63) is 176 Å². The van der Waals surface area contributed by atoms with Gasteiger partial charge in [-0.2, -0.15) is 9.97 Å². The van der Waals surface area contributed by atoms with Crippen molar-refractivity contribution in [2.45, 2.75) is 0 Å². The van der Waals surface area contributed by atoms with Crippen LogP contribution in [0.2, 0.25) is 0 Å². The average molecular weight is 664 g/mol. The van der Waals surface area contributed by atoms with Crippen molar-refractivity contribution in [3.63, 3.8) is 0 Å². The molecule has 0 fully saturated rings. The third-order valence-corrected chi connectivity index (χ3v) is 10.4. The van der Waals surface area contributed by atoms with E-state index in [1.165, 1.54) is 27.1 Å². The fourth-order valence-electron chi connectivity index (χ4n) is 8.03. The van der Waals surface area contributed by atoms with Crippen LogP contribution < -0.4 is 0 Å². The highest BCUT2D eigenvalue weighted by molar-refractivity contribution is 6.19. The van der Waals surface area contributed by atoms with Crippen molar-refractivity contribution in [1.29, 1.82) is 0 Å². The van der Waals surface area contributed by atoms with Gasteiger partial charge in [0.25, 0.3) is 0 Å². The molecule has 0 aliphatic rings. The average Bonchev–Trinajstić information content (AvgIpc) is 3.71. The largest absolute Gasteiger partial charge is 0.309 e. The van der Waals surface area contributed by atoms with E-state index in [0.29, 0.717) is 17.6 Å². The molecule has 5 heteroatoms. The van der Waals surface area contributed by atoms with Gasteiger partial charge >= 0.3 is 0 Å². The normalized spacial score (nSPS) is 11.8. The van der Waals surface area contributed by atoms with Crippen LogP contribution >= 0.6 is 0 Å². The first-order valence-corrected chi connectivity index (χ1v) is 17.5. The van der Waals surface area contributed by atoms with E-state index in [2.05, 4.69) is 167 Å². The van der Waals surface area contributed by atoms with Crippen LogP contribution in [0.25, 0.3) is 99.6 Å². The number of para-hydroxylation sites is 2. The Kier molecular flexibility index (Phi) is 6.18. The summed E-state index contributed by atoms with van der Waals surface area (Å²) >= 11 is 0. The number of rotatable bonds is 4. The molecular formula is C47H29N5. The molecule has 0 spiro atoms. The molecule has 11 aromatic rings. The molecule has 0 saturated heterocycles. The molecule has 52 heavy (non-hydrogen) atoms. The Hall–Kier alpha value is -7.11. The second-order valence-corrected chi connectivity index (χ2v) is 13.3. The molecule has 0 saturated carbocycles. The van der Waals surface area contributed by atoms with E-state index < -0.39 is 0 Å². The SMILES string of the molecule is c1ccc(-c2nc(-c3cccc4ccccc34)nc(-n3c4ccccc4c4cc5c(cc43)c3ccccc3n5-c3cccc4ccccc34)n2)cc1. The molecule has 0 amide bonds. The van der Waals surface area contributed by atoms with Crippen molar-refractivity contribution in [2.75, 3.05) is 0 Å². The standard InChI is InChI=1S/C47H29N5/c1-2-16-32(17-3-1)45-48-46(37-24-12-18-30-14-4-6-20-33(30)37)50-47(49-45)52-42-26-11-9-23-36(42)39-28-43-38(29-44(39)52)35-22-8-10-25-41(35)51(43)40-27-13-19-31-15-5-7-21-34(31)40/h1-29H. The first kappa shape index (κ1) is 28.7. The van der Waals surface area contributed by atoms with Gasteiger partial charge in [0, 0.05) is 38.1 Å². The number of fused-ring (bicyclic) bond motifs is 8. The zero-order valence-corrected chi connectivity index (χ0v) is 28.0. The van der Waals surface area contributed by atoms with E-state index in [1.807, 2.05) is 18.2 Å². The molecule has 0 atom stereocenters. The molecule has 8 aromatic carbocycles. The Labute approximate surface area is 298 Å². The van der Waals surface area contributed by atoms with E-state index in [0.717, 1.165) is 54.9 Å². The lowest BCUT2D eigenvalue weighted by atomic mass is 10.0. The van der Waals surface area contributed by atoms with Gasteiger partial charge in [0.05, 0.1) is 27.8 Å². The maximum absolute atomic E-state index is 5.29. The van der Waals surface area contributed by atoms with Gasteiger partial charge in [-0.25, -0.2) is 4.98 Å². The summed E-state index contributed by atoms with van der Waals surface area (Å²) in [7, 11) is 0. The highest BCUT2D eigenvalue weighted by Gasteiger charge is 2.22. The van der Waals surface area contributed by atoms with Gasteiger partial charge in [-0.1, -0.05) is 146 Å². The third kappa shape index (κ3) is 4.26. The summed E-state index contributed by atoms with van der Waals surface area (Å²) in [6.07, 6.45) is 0. The Balaban J connectivity index is 1.25. The molecule has 0 radical (unpaired) electrons. The molecule has 11 rings (SSSR count). The van der Waals surface area contributed by atoms with Gasteiger partial charge in [0.1, 0.15) is 0 Å². The van der Waals surface area contributed by atoms with Crippen LogP contribution in [0.5, 0.6) is 0 Å². The van der Waals surface area contributed by atoms with Gasteiger partial charge in [0.2, 0.25) is 5.95 Å². The van der Waals surface area contributed by atoms with E-state index in [4.69, 9.17) is 15.0 Å². The summed E-state index contributed by atoms with van der Waals surface area (Å²) < 4.78 is 4.64. The fourth-order valence-corrected chi connectivity index (χ4v) is 8.03. The summed E-state index contributed by atoms with van der Waals surface area (Å²) in [5.41, 5.74) is 7.49. The van der Waals surface area contributed by atoms with E-state index >= 15 is 0 Å². The van der Waals surface area contributed by atoms with Crippen LogP contribution in [0.15, 0.2) is 176 Å². The van der Waals surface area contributed by atoms with Crippen molar-refractivity contribution in [1.82, 2.24) is 24.1 Å². The molecule has 3 aromatic heterocycles. The minimum absolute atomic E-state index is 0.583. The minimum atomic E-state index is 0.583. The predicted molar refractivity (Wildman–Crippen MR) is 214 cm³/mol. The van der Waals surface area contributed by atoms with Crippen LogP contribution in [-0.2, 0) is 0 Å². The molecule has 5 nitrogen and oxygen atoms in total. The molecule has 0 bridgehead atoms. The smallest absolute Gasteiger partial charge is 0.238 e. The highest BCUT2D eigenvalue weighted by atomic mass is 15.2. The first-order chi connectivity index (χ1) is 25.8. The van der Waals surface area contributed by atoms with Crippen molar-refractivity contribution in [3.8, 4) is 34.4 Å². The van der Waals surface area contributed by atoms with Gasteiger partial charge in [-0.3, -0.25) is 4.57 Å². The monoisotopic (exact) mass is 663 g/mol. The Morgan fingerprint density at radius 1 is 0.327 bits per heavy atom. The van der Waals surface area contributed by atoms with E-state index in [9.17, 15) is 0 Å². The Bertz CT molecular complexity index is 3180. The Morgan fingerprint density at radius 3 is 1.58 bits per heavy atom. The van der Waals surface area contributed by atoms with Gasteiger partial charge in [0.15, 0.2) is 11.6 Å². The van der Waals surface area contributed by atoms with Crippen LogP contribution in [0.4, 0.5) is 0 Å². The van der Waals surface area contributed by atoms with Gasteiger partial charge < -0.3 is 4.57 Å². The minimum Gasteiger partial charge on any atom is -0.309 e. The lowest BCUT2D eigenvalue weighted by molar-refractivity contribution is 0.954. The van der Waals surface area contributed by atoms with E-state index in [1.54, 1.807) is 0 Å². The summed E-state index contributed by atoms with van der Waals surface area (Å²) in [5.74, 6) is 1.86. The van der Waals surface area contributed by atoms with E-state index in [-0.39, 0.29) is 0 Å². The number of hydrogen-bond acceptors (Lipinski definition) is 3. The zero-order valence-electron chi connectivity index (χ0n) is 28.0. The van der Waals surface area contributed by atoms with Gasteiger partial charge in [-0.05, 0) is 46.5 Å². The summed E-state index contributed by atoms with van der Waals surface area (Å²) in [4.78, 5) is 15.6. The molecule has 0 N–H and O–H groups in total. The van der Waals surface area contributed by atoms with Crippen LogP contribution in [-0.4, -0.2) is 24.1 Å². The van der Waals surface area contributed by atoms with Crippen LogP contribution in [0, 0.1) is 0 Å². The quantitative estimate of drug-likeness (QED) is 0.188. The lowest BCUT2D eigenvalue weighted by Crippen LogP contribution is -2.06. The molecule has 0 aliphatic heterocycles. The third-order valence-electron chi connectivity index (χ3n) is 10.4. The topological polar surface area (TPSA) is 48.5 Å². The zero-order chi connectivity index (χ0) is 34.2. The molecule has 0 unspecified atom stereocenters. The van der Waals surface area contributed by atoms with Crippen molar-refractivity contribution in [2.24, 2.45) is 0 Å². The van der Waals surface area contributed by atoms with Crippen LogP contribution in [0.1, 0.15) is 0 Å². The first-order valence-electron chi connectivity index (χ1n) is 17.5. The maximum Gasteiger partial charge on any atom is 0.238 e. The van der Waals surface area contributed by atoms with Crippen LogP contribution in [0.3, 0.4) is 0 Å². The number of nitrogens with zero attached hydrogens (tertiary/aromatic N) is 5. The summed E-state index contributed by atoms with van der Waals surface area (Å²) in [5, 5.41) is 9.33. The van der Waals surface area contributed by atoms with Gasteiger partial charge in [-0.15, -0.1) is 0 Å². The molecule has 0 aliphatic carbocycles. The predicted octanol–water partition coefficient (Wildman–Crippen LogP) is 11.7. The number of aromatic nitrogens is 5. The summed E-state index contributed by atoms with van der Waals surface area (Å²) in [6.45, 7) is 0.